The summed E-state index contributed by atoms with van der Waals surface area (Å²) in [7, 11) is 5.18. The number of likely N-dealkylation sites (tertiary alicyclic amines) is 1. The van der Waals surface area contributed by atoms with Crippen LogP contribution in [0, 0.1) is 0 Å². The molecule has 31 heavy (non-hydrogen) atoms. The average molecular weight is 546 g/mol. The molecular formula is C23H40IN5O2. The zero-order valence-electron chi connectivity index (χ0n) is 19.5. The van der Waals surface area contributed by atoms with Gasteiger partial charge in [0.05, 0.1) is 7.11 Å². The molecule has 2 rings (SSSR count). The van der Waals surface area contributed by atoms with Gasteiger partial charge in [0.1, 0.15) is 12.3 Å². The van der Waals surface area contributed by atoms with Crippen molar-refractivity contribution in [2.75, 3.05) is 53.9 Å². The van der Waals surface area contributed by atoms with E-state index in [0.29, 0.717) is 12.0 Å². The van der Waals surface area contributed by atoms with Crippen LogP contribution in [0.25, 0.3) is 0 Å². The number of piperidine rings is 1. The summed E-state index contributed by atoms with van der Waals surface area (Å²) < 4.78 is 5.21. The standard InChI is InChI=1S/C23H39N5O2.HI/c1-5-20-8-6-7-16-28(20)17-15-25-23(26-18-22(29)27(2)3)24-14-13-19-9-11-21(30-4)12-10-19;/h9-12,20H,5-8,13-18H2,1-4H3,(H2,24,25,26);1H. The van der Waals surface area contributed by atoms with Gasteiger partial charge in [0.2, 0.25) is 5.91 Å². The van der Waals surface area contributed by atoms with Crippen LogP contribution in [0.5, 0.6) is 5.75 Å². The number of hydrogen-bond donors (Lipinski definition) is 2. The van der Waals surface area contributed by atoms with Gasteiger partial charge >= 0.3 is 0 Å². The van der Waals surface area contributed by atoms with Gasteiger partial charge < -0.3 is 20.3 Å². The Hall–Kier alpha value is -1.55. The molecule has 0 bridgehead atoms. The lowest BCUT2D eigenvalue weighted by Crippen LogP contribution is -2.46. The van der Waals surface area contributed by atoms with Crippen LogP contribution in [0.1, 0.15) is 38.2 Å². The summed E-state index contributed by atoms with van der Waals surface area (Å²) in [4.78, 5) is 20.6. The number of ether oxygens (including phenoxy) is 1. The lowest BCUT2D eigenvalue weighted by atomic mass is 10.0. The molecule has 1 atom stereocenters. The molecule has 7 nitrogen and oxygen atoms in total. The number of methoxy groups -OCH3 is 1. The fourth-order valence-corrected chi connectivity index (χ4v) is 3.71. The number of nitrogens with zero attached hydrogens (tertiary/aromatic N) is 3. The van der Waals surface area contributed by atoms with Crippen molar-refractivity contribution in [1.29, 1.82) is 0 Å². The largest absolute Gasteiger partial charge is 0.497 e. The first-order valence-corrected chi connectivity index (χ1v) is 11.1. The second-order valence-corrected chi connectivity index (χ2v) is 8.00. The van der Waals surface area contributed by atoms with E-state index in [4.69, 9.17) is 4.74 Å². The number of nitrogens with one attached hydrogen (secondary N) is 2. The van der Waals surface area contributed by atoms with Crippen LogP contribution < -0.4 is 15.4 Å². The number of halogens is 1. The highest BCUT2D eigenvalue weighted by Crippen LogP contribution is 2.18. The van der Waals surface area contributed by atoms with Crippen molar-refractivity contribution in [3.05, 3.63) is 29.8 Å². The molecule has 2 N–H and O–H groups in total. The summed E-state index contributed by atoms with van der Waals surface area (Å²) in [5.41, 5.74) is 1.23. The molecule has 0 aromatic heterocycles. The Bertz CT molecular complexity index is 666. The molecule has 0 spiro atoms. The maximum Gasteiger partial charge on any atom is 0.243 e. The third kappa shape index (κ3) is 10.1. The van der Waals surface area contributed by atoms with Gasteiger partial charge in [0, 0.05) is 39.8 Å². The van der Waals surface area contributed by atoms with Crippen LogP contribution in [-0.4, -0.2) is 81.6 Å². The summed E-state index contributed by atoms with van der Waals surface area (Å²) >= 11 is 0. The highest BCUT2D eigenvalue weighted by Gasteiger charge is 2.20. The van der Waals surface area contributed by atoms with Crippen molar-refractivity contribution in [2.45, 2.75) is 45.1 Å². The molecule has 0 saturated carbocycles. The average Bonchev–Trinajstić information content (AvgIpc) is 2.77. The molecule has 0 aliphatic carbocycles. The van der Waals surface area contributed by atoms with E-state index >= 15 is 0 Å². The lowest BCUT2D eigenvalue weighted by Gasteiger charge is -2.35. The zero-order valence-corrected chi connectivity index (χ0v) is 21.9. The van der Waals surface area contributed by atoms with Crippen LogP contribution in [0.4, 0.5) is 0 Å². The van der Waals surface area contributed by atoms with Crippen LogP contribution >= 0.6 is 24.0 Å². The van der Waals surface area contributed by atoms with E-state index in [0.717, 1.165) is 31.8 Å². The highest BCUT2D eigenvalue weighted by molar-refractivity contribution is 14.0. The van der Waals surface area contributed by atoms with Gasteiger partial charge in [-0.15, -0.1) is 24.0 Å². The number of likely N-dealkylation sites (N-methyl/N-ethyl adjacent to an activating group) is 1. The Balaban J connectivity index is 0.00000480. The maximum atomic E-state index is 11.9. The molecule has 1 unspecified atom stereocenters. The third-order valence-electron chi connectivity index (χ3n) is 5.65. The molecule has 1 amide bonds. The summed E-state index contributed by atoms with van der Waals surface area (Å²) in [6, 6.07) is 8.78. The Morgan fingerprint density at radius 3 is 2.55 bits per heavy atom. The summed E-state index contributed by atoms with van der Waals surface area (Å²) in [5.74, 6) is 1.55. The van der Waals surface area contributed by atoms with Crippen molar-refractivity contribution in [1.82, 2.24) is 20.4 Å². The minimum atomic E-state index is -0.00617. The smallest absolute Gasteiger partial charge is 0.243 e. The van der Waals surface area contributed by atoms with E-state index in [9.17, 15) is 4.79 Å². The van der Waals surface area contributed by atoms with Crippen molar-refractivity contribution in [3.63, 3.8) is 0 Å². The highest BCUT2D eigenvalue weighted by atomic mass is 127. The summed E-state index contributed by atoms with van der Waals surface area (Å²) in [5, 5.41) is 6.79. The van der Waals surface area contributed by atoms with E-state index < -0.39 is 0 Å². The third-order valence-corrected chi connectivity index (χ3v) is 5.65. The van der Waals surface area contributed by atoms with Crippen LogP contribution in [-0.2, 0) is 11.2 Å². The molecule has 1 aromatic rings. The van der Waals surface area contributed by atoms with Gasteiger partial charge in [-0.1, -0.05) is 25.5 Å². The molecule has 1 aliphatic heterocycles. The second-order valence-electron chi connectivity index (χ2n) is 8.00. The minimum Gasteiger partial charge on any atom is -0.497 e. The predicted molar refractivity (Wildman–Crippen MR) is 139 cm³/mol. The lowest BCUT2D eigenvalue weighted by molar-refractivity contribution is -0.127. The molecule has 176 valence electrons. The Labute approximate surface area is 205 Å². The zero-order chi connectivity index (χ0) is 21.8. The van der Waals surface area contributed by atoms with E-state index in [1.807, 2.05) is 12.1 Å². The monoisotopic (exact) mass is 545 g/mol. The number of carbonyl (C=O) groups is 1. The van der Waals surface area contributed by atoms with E-state index in [1.165, 1.54) is 37.8 Å². The quantitative estimate of drug-likeness (QED) is 0.269. The Morgan fingerprint density at radius 2 is 1.90 bits per heavy atom. The normalized spacial score (nSPS) is 16.9. The van der Waals surface area contributed by atoms with Crippen molar-refractivity contribution < 1.29 is 9.53 Å². The molecular weight excluding hydrogens is 505 g/mol. The number of guanidine groups is 1. The first kappa shape index (κ1) is 27.5. The molecule has 1 aromatic carbocycles. The van der Waals surface area contributed by atoms with Gasteiger partial charge in [0.15, 0.2) is 5.96 Å². The van der Waals surface area contributed by atoms with Gasteiger partial charge in [0.25, 0.3) is 0 Å². The van der Waals surface area contributed by atoms with Gasteiger partial charge in [-0.25, -0.2) is 4.99 Å². The number of aliphatic imine (C=N–C) groups is 1. The molecule has 1 saturated heterocycles. The SMILES string of the molecule is CCC1CCCCN1CCNC(=NCC(=O)N(C)C)NCCc1ccc(OC)cc1.I. The molecule has 0 radical (unpaired) electrons. The fraction of sp³-hybridized carbons (Fsp3) is 0.652. The number of carbonyl (C=O) groups excluding carboxylic acids is 1. The van der Waals surface area contributed by atoms with E-state index in [-0.39, 0.29) is 36.4 Å². The van der Waals surface area contributed by atoms with Crippen LogP contribution in [0.2, 0.25) is 0 Å². The maximum absolute atomic E-state index is 11.9. The fourth-order valence-electron chi connectivity index (χ4n) is 3.71. The van der Waals surface area contributed by atoms with Gasteiger partial charge in [-0.05, 0) is 49.9 Å². The Morgan fingerprint density at radius 1 is 1.19 bits per heavy atom. The van der Waals surface area contributed by atoms with E-state index in [2.05, 4.69) is 39.6 Å². The van der Waals surface area contributed by atoms with Crippen LogP contribution in [0.15, 0.2) is 29.3 Å². The van der Waals surface area contributed by atoms with Crippen molar-refractivity contribution in [2.24, 2.45) is 4.99 Å². The van der Waals surface area contributed by atoms with Crippen molar-refractivity contribution >= 4 is 35.8 Å². The van der Waals surface area contributed by atoms with Crippen molar-refractivity contribution in [3.8, 4) is 5.75 Å². The minimum absolute atomic E-state index is 0. The summed E-state index contributed by atoms with van der Waals surface area (Å²) in [6.07, 6.45) is 6.01. The molecule has 8 heteroatoms. The molecule has 1 heterocycles. The number of amides is 1. The number of benzene rings is 1. The Kier molecular flexibility index (Phi) is 13.6. The topological polar surface area (TPSA) is 69.2 Å². The van der Waals surface area contributed by atoms with Gasteiger partial charge in [-0.3, -0.25) is 9.69 Å². The predicted octanol–water partition coefficient (Wildman–Crippen LogP) is 2.74. The van der Waals surface area contributed by atoms with Crippen LogP contribution in [0.3, 0.4) is 0 Å². The molecule has 1 aliphatic rings. The van der Waals surface area contributed by atoms with Gasteiger partial charge in [-0.2, -0.15) is 0 Å². The first-order valence-electron chi connectivity index (χ1n) is 11.1. The number of hydrogen-bond acceptors (Lipinski definition) is 4. The number of rotatable bonds is 10. The first-order chi connectivity index (χ1) is 14.5. The second kappa shape index (κ2) is 15.3. The molecule has 1 fully saturated rings. The summed E-state index contributed by atoms with van der Waals surface area (Å²) in [6.45, 7) is 6.16. The van der Waals surface area contributed by atoms with E-state index in [1.54, 1.807) is 26.1 Å².